The van der Waals surface area contributed by atoms with Crippen LogP contribution in [0.25, 0.3) is 11.3 Å². The Labute approximate surface area is 150 Å². The average molecular weight is 356 g/mol. The molecule has 0 aliphatic carbocycles. The van der Waals surface area contributed by atoms with Crippen molar-refractivity contribution in [1.29, 1.82) is 0 Å². The van der Waals surface area contributed by atoms with Gasteiger partial charge < -0.3 is 20.1 Å². The molecule has 1 aromatic heterocycles. The monoisotopic (exact) mass is 356 g/mol. The Hall–Kier alpha value is -3.29. The van der Waals surface area contributed by atoms with Gasteiger partial charge in [-0.1, -0.05) is 0 Å². The van der Waals surface area contributed by atoms with Gasteiger partial charge in [-0.15, -0.1) is 0 Å². The maximum Gasteiger partial charge on any atom is 0.338 e. The highest BCUT2D eigenvalue weighted by Crippen LogP contribution is 2.33. The van der Waals surface area contributed by atoms with E-state index in [1.807, 2.05) is 24.3 Å². The zero-order chi connectivity index (χ0) is 18.7. The molecule has 1 aliphatic rings. The predicted octanol–water partition coefficient (Wildman–Crippen LogP) is 2.28. The van der Waals surface area contributed by atoms with Gasteiger partial charge in [0.2, 0.25) is 0 Å². The minimum atomic E-state index is -0.668. The Morgan fingerprint density at radius 2 is 2.00 bits per heavy atom. The third-order valence-corrected chi connectivity index (χ3v) is 4.12. The first kappa shape index (κ1) is 17.5. The number of aromatic nitrogens is 2. The van der Waals surface area contributed by atoms with E-state index in [0.717, 1.165) is 11.3 Å². The molecule has 3 rings (SSSR count). The van der Waals surface area contributed by atoms with Crippen LogP contribution in [0.5, 0.6) is 5.75 Å². The van der Waals surface area contributed by atoms with Gasteiger partial charge in [0.1, 0.15) is 5.75 Å². The van der Waals surface area contributed by atoms with E-state index in [1.165, 1.54) is 0 Å². The average Bonchev–Trinajstić information content (AvgIpc) is 3.10. The molecule has 0 fully saturated rings. The number of rotatable bonds is 5. The maximum absolute atomic E-state index is 12.4. The number of hydrogen-bond acceptors (Lipinski definition) is 5. The molecule has 0 unspecified atom stereocenters. The molecule has 0 saturated carbocycles. The molecule has 1 atom stereocenters. The summed E-state index contributed by atoms with van der Waals surface area (Å²) < 4.78 is 10.3. The Morgan fingerprint density at radius 3 is 2.65 bits per heavy atom. The molecule has 8 nitrogen and oxygen atoms in total. The van der Waals surface area contributed by atoms with Crippen LogP contribution in [-0.4, -0.2) is 35.9 Å². The highest BCUT2D eigenvalue weighted by Gasteiger charge is 2.34. The van der Waals surface area contributed by atoms with E-state index in [-0.39, 0.29) is 12.6 Å². The molecular formula is C18H20N4O4. The second-order valence-electron chi connectivity index (χ2n) is 5.72. The van der Waals surface area contributed by atoms with Gasteiger partial charge in [0, 0.05) is 16.8 Å². The lowest BCUT2D eigenvalue weighted by atomic mass is 9.94. The van der Waals surface area contributed by atoms with Crippen molar-refractivity contribution in [2.75, 3.05) is 13.7 Å². The van der Waals surface area contributed by atoms with Crippen molar-refractivity contribution in [3.05, 3.63) is 47.3 Å². The number of carbonyl (C=O) groups excluding carboxylic acids is 2. The van der Waals surface area contributed by atoms with Crippen LogP contribution >= 0.6 is 0 Å². The topological polar surface area (TPSA) is 105 Å². The van der Waals surface area contributed by atoms with Crippen LogP contribution in [0.4, 0.5) is 4.79 Å². The van der Waals surface area contributed by atoms with Crippen LogP contribution in [0, 0.1) is 0 Å². The minimum absolute atomic E-state index is 0.243. The third kappa shape index (κ3) is 3.26. The largest absolute Gasteiger partial charge is 0.497 e. The van der Waals surface area contributed by atoms with Crippen molar-refractivity contribution in [2.45, 2.75) is 19.9 Å². The Kier molecular flexibility index (Phi) is 4.92. The molecule has 26 heavy (non-hydrogen) atoms. The normalized spacial score (nSPS) is 16.7. The molecule has 2 aromatic rings. The van der Waals surface area contributed by atoms with Gasteiger partial charge in [-0.05, 0) is 38.1 Å². The highest BCUT2D eigenvalue weighted by atomic mass is 16.5. The van der Waals surface area contributed by atoms with Crippen LogP contribution < -0.4 is 15.4 Å². The molecule has 136 valence electrons. The summed E-state index contributed by atoms with van der Waals surface area (Å²) in [6.45, 7) is 3.65. The summed E-state index contributed by atoms with van der Waals surface area (Å²) in [5, 5.41) is 12.4. The minimum Gasteiger partial charge on any atom is -0.497 e. The molecular weight excluding hydrogens is 336 g/mol. The highest BCUT2D eigenvalue weighted by molar-refractivity contribution is 5.95. The second-order valence-corrected chi connectivity index (χ2v) is 5.72. The van der Waals surface area contributed by atoms with Gasteiger partial charge in [-0.25, -0.2) is 9.59 Å². The number of allylic oxidation sites excluding steroid dienone is 1. The Bertz CT molecular complexity index is 854. The lowest BCUT2D eigenvalue weighted by molar-refractivity contribution is -0.139. The number of ether oxygens (including phenoxy) is 2. The van der Waals surface area contributed by atoms with E-state index >= 15 is 0 Å². The first-order chi connectivity index (χ1) is 12.5. The van der Waals surface area contributed by atoms with E-state index in [2.05, 4.69) is 20.8 Å². The molecule has 1 aromatic carbocycles. The Morgan fingerprint density at radius 1 is 1.27 bits per heavy atom. The summed E-state index contributed by atoms with van der Waals surface area (Å²) in [5.74, 6) is 0.248. The van der Waals surface area contributed by atoms with Gasteiger partial charge in [0.25, 0.3) is 0 Å². The molecule has 2 amide bonds. The van der Waals surface area contributed by atoms with Gasteiger partial charge in [-0.3, -0.25) is 5.10 Å². The summed E-state index contributed by atoms with van der Waals surface area (Å²) in [5.41, 5.74) is 3.04. The van der Waals surface area contributed by atoms with Crippen LogP contribution in [0.15, 0.2) is 41.7 Å². The summed E-state index contributed by atoms with van der Waals surface area (Å²) in [4.78, 5) is 24.4. The number of methoxy groups -OCH3 is 1. The number of hydrogen-bond donors (Lipinski definition) is 3. The molecule has 0 bridgehead atoms. The fourth-order valence-corrected chi connectivity index (χ4v) is 2.91. The van der Waals surface area contributed by atoms with Gasteiger partial charge in [0.15, 0.2) is 0 Å². The van der Waals surface area contributed by atoms with Gasteiger partial charge in [-0.2, -0.15) is 5.10 Å². The number of benzene rings is 1. The third-order valence-electron chi connectivity index (χ3n) is 4.12. The molecule has 0 radical (unpaired) electrons. The fourth-order valence-electron chi connectivity index (χ4n) is 2.91. The van der Waals surface area contributed by atoms with E-state index in [0.29, 0.717) is 22.5 Å². The maximum atomic E-state index is 12.4. The number of nitrogens with zero attached hydrogens (tertiary/aromatic N) is 1. The molecule has 0 saturated heterocycles. The first-order valence-corrected chi connectivity index (χ1v) is 8.18. The van der Waals surface area contributed by atoms with Crippen molar-refractivity contribution < 1.29 is 19.1 Å². The van der Waals surface area contributed by atoms with Crippen LogP contribution in [0.1, 0.15) is 25.5 Å². The number of aromatic amines is 1. The van der Waals surface area contributed by atoms with Crippen LogP contribution in [-0.2, 0) is 9.53 Å². The SMILES string of the molecule is CCOC(=O)C1=C(C)NC(=O)N[C@@H]1c1cn[nH]c1-c1ccc(OC)cc1. The molecule has 2 heterocycles. The standard InChI is InChI=1S/C18H20N4O4/c1-4-26-17(23)14-10(2)20-18(24)21-16(14)13-9-19-22-15(13)11-5-7-12(25-3)8-6-11/h5-9,16H,4H2,1-3H3,(H,19,22)(H2,20,21,24)/t16-/m1/s1. The van der Waals surface area contributed by atoms with E-state index in [9.17, 15) is 9.59 Å². The van der Waals surface area contributed by atoms with E-state index in [1.54, 1.807) is 27.2 Å². The molecule has 3 N–H and O–H groups in total. The number of amides is 2. The van der Waals surface area contributed by atoms with E-state index in [4.69, 9.17) is 9.47 Å². The van der Waals surface area contributed by atoms with E-state index < -0.39 is 12.0 Å². The predicted molar refractivity (Wildman–Crippen MR) is 94.3 cm³/mol. The quantitative estimate of drug-likeness (QED) is 0.713. The summed E-state index contributed by atoms with van der Waals surface area (Å²) >= 11 is 0. The smallest absolute Gasteiger partial charge is 0.338 e. The lowest BCUT2D eigenvalue weighted by Gasteiger charge is -2.27. The molecule has 1 aliphatic heterocycles. The van der Waals surface area contributed by atoms with Crippen LogP contribution in [0.2, 0.25) is 0 Å². The van der Waals surface area contributed by atoms with Gasteiger partial charge in [0.05, 0.1) is 37.2 Å². The number of urea groups is 1. The summed E-state index contributed by atoms with van der Waals surface area (Å²) in [6, 6.07) is 6.35. The summed E-state index contributed by atoms with van der Waals surface area (Å²) in [7, 11) is 1.60. The van der Waals surface area contributed by atoms with Crippen molar-refractivity contribution in [3.63, 3.8) is 0 Å². The zero-order valence-corrected chi connectivity index (χ0v) is 14.8. The second kappa shape index (κ2) is 7.30. The van der Waals surface area contributed by atoms with Crippen molar-refractivity contribution in [3.8, 4) is 17.0 Å². The lowest BCUT2D eigenvalue weighted by Crippen LogP contribution is -2.45. The zero-order valence-electron chi connectivity index (χ0n) is 14.8. The first-order valence-electron chi connectivity index (χ1n) is 8.18. The number of nitrogens with one attached hydrogen (secondary N) is 3. The van der Waals surface area contributed by atoms with Gasteiger partial charge >= 0.3 is 12.0 Å². The van der Waals surface area contributed by atoms with Crippen molar-refractivity contribution >= 4 is 12.0 Å². The summed E-state index contributed by atoms with van der Waals surface area (Å²) in [6.07, 6.45) is 1.60. The Balaban J connectivity index is 2.04. The molecule has 0 spiro atoms. The fraction of sp³-hybridized carbons (Fsp3) is 0.278. The van der Waals surface area contributed by atoms with Crippen molar-refractivity contribution in [1.82, 2.24) is 20.8 Å². The number of esters is 1. The van der Waals surface area contributed by atoms with Crippen LogP contribution in [0.3, 0.4) is 0 Å². The number of carbonyl (C=O) groups is 2. The molecule has 8 heteroatoms. The van der Waals surface area contributed by atoms with Crippen molar-refractivity contribution in [2.24, 2.45) is 0 Å². The number of H-pyrrole nitrogens is 1.